The minimum absolute atomic E-state index is 0.293. The first-order chi connectivity index (χ1) is 8.67. The summed E-state index contributed by atoms with van der Waals surface area (Å²) in [6.07, 6.45) is 12.2. The van der Waals surface area contributed by atoms with E-state index in [9.17, 15) is 0 Å². The smallest absolute Gasteiger partial charge is 0.0687 e. The first-order valence-electron chi connectivity index (χ1n) is 7.47. The van der Waals surface area contributed by atoms with Gasteiger partial charge in [0.15, 0.2) is 0 Å². The van der Waals surface area contributed by atoms with Crippen LogP contribution >= 0.6 is 31.9 Å². The van der Waals surface area contributed by atoms with E-state index in [4.69, 9.17) is 4.74 Å². The zero-order valence-corrected chi connectivity index (χ0v) is 14.7. The van der Waals surface area contributed by atoms with Crippen LogP contribution in [-0.2, 0) is 4.74 Å². The van der Waals surface area contributed by atoms with Crippen molar-refractivity contribution in [2.45, 2.75) is 76.4 Å². The molecule has 106 valence electrons. The molecule has 0 aromatic carbocycles. The van der Waals surface area contributed by atoms with Crippen molar-refractivity contribution in [3.05, 3.63) is 0 Å². The predicted octanol–water partition coefficient (Wildman–Crippen LogP) is 5.44. The lowest BCUT2D eigenvalue weighted by atomic mass is 9.81. The van der Waals surface area contributed by atoms with Crippen LogP contribution in [0.2, 0.25) is 0 Å². The molecule has 0 aromatic rings. The Hall–Kier alpha value is 0.920. The lowest BCUT2D eigenvalue weighted by Crippen LogP contribution is -2.32. The van der Waals surface area contributed by atoms with E-state index in [1.165, 1.54) is 57.8 Å². The molecule has 2 rings (SSSR count). The Morgan fingerprint density at radius 2 is 1.83 bits per heavy atom. The molecule has 2 aliphatic rings. The van der Waals surface area contributed by atoms with Gasteiger partial charge < -0.3 is 4.74 Å². The van der Waals surface area contributed by atoms with Gasteiger partial charge >= 0.3 is 0 Å². The number of halogens is 2. The van der Waals surface area contributed by atoms with Gasteiger partial charge in [-0.15, -0.1) is 0 Å². The van der Waals surface area contributed by atoms with Crippen LogP contribution in [0.4, 0.5) is 0 Å². The number of hydrogen-bond donors (Lipinski definition) is 0. The topological polar surface area (TPSA) is 9.23 Å². The van der Waals surface area contributed by atoms with Crippen molar-refractivity contribution in [2.75, 3.05) is 10.7 Å². The fourth-order valence-corrected chi connectivity index (χ4v) is 5.77. The average Bonchev–Trinajstić information content (AvgIpc) is 3.00. The fraction of sp³-hybridized carbons (Fsp3) is 1.00. The maximum Gasteiger partial charge on any atom is 0.0687 e. The Labute approximate surface area is 129 Å². The molecule has 0 radical (unpaired) electrons. The largest absolute Gasteiger partial charge is 0.372 e. The van der Waals surface area contributed by atoms with Gasteiger partial charge in [-0.25, -0.2) is 0 Å². The lowest BCUT2D eigenvalue weighted by molar-refractivity contribution is -0.0500. The highest BCUT2D eigenvalue weighted by Gasteiger charge is 2.44. The third kappa shape index (κ3) is 3.32. The van der Waals surface area contributed by atoms with E-state index in [1.807, 2.05) is 0 Å². The summed E-state index contributed by atoms with van der Waals surface area (Å²) in [5, 5.41) is 2.18. The molecule has 1 saturated carbocycles. The number of rotatable bonds is 6. The Bertz CT molecular complexity index is 257. The van der Waals surface area contributed by atoms with E-state index >= 15 is 0 Å². The molecular weight excluding hydrogens is 356 g/mol. The molecule has 0 bridgehead atoms. The molecule has 2 fully saturated rings. The highest BCUT2D eigenvalue weighted by molar-refractivity contribution is 9.09. The van der Waals surface area contributed by atoms with Gasteiger partial charge in [-0.05, 0) is 43.9 Å². The Kier molecular flexibility index (Phi) is 5.60. The van der Waals surface area contributed by atoms with Crippen LogP contribution in [0.5, 0.6) is 0 Å². The molecular formula is C15H26Br2O. The van der Waals surface area contributed by atoms with Crippen LogP contribution in [0.25, 0.3) is 0 Å². The molecule has 3 heteroatoms. The molecule has 1 spiro atoms. The van der Waals surface area contributed by atoms with Crippen LogP contribution < -0.4 is 0 Å². The zero-order chi connectivity index (χ0) is 13.1. The molecule has 1 heterocycles. The van der Waals surface area contributed by atoms with Gasteiger partial charge in [0.25, 0.3) is 0 Å². The molecule has 1 nitrogen and oxygen atoms in total. The van der Waals surface area contributed by atoms with E-state index < -0.39 is 0 Å². The predicted molar refractivity (Wildman–Crippen MR) is 84.9 cm³/mol. The van der Waals surface area contributed by atoms with Crippen molar-refractivity contribution < 1.29 is 4.74 Å². The third-order valence-electron chi connectivity index (χ3n) is 4.86. The Balaban J connectivity index is 1.92. The second-order valence-electron chi connectivity index (χ2n) is 6.39. The van der Waals surface area contributed by atoms with Gasteiger partial charge in [0.2, 0.25) is 0 Å². The summed E-state index contributed by atoms with van der Waals surface area (Å²) in [6.45, 7) is 2.29. The Morgan fingerprint density at radius 1 is 1.17 bits per heavy atom. The van der Waals surface area contributed by atoms with Crippen molar-refractivity contribution in [3.63, 3.8) is 0 Å². The van der Waals surface area contributed by atoms with E-state index in [2.05, 4.69) is 38.8 Å². The summed E-state index contributed by atoms with van der Waals surface area (Å²) in [6, 6.07) is 0. The van der Waals surface area contributed by atoms with Gasteiger partial charge in [0.05, 0.1) is 11.7 Å². The zero-order valence-electron chi connectivity index (χ0n) is 11.5. The van der Waals surface area contributed by atoms with Crippen LogP contribution in [0.1, 0.15) is 64.7 Å². The van der Waals surface area contributed by atoms with Crippen molar-refractivity contribution in [1.82, 2.24) is 0 Å². The quantitative estimate of drug-likeness (QED) is 0.556. The number of hydrogen-bond acceptors (Lipinski definition) is 1. The maximum absolute atomic E-state index is 6.47. The van der Waals surface area contributed by atoms with Gasteiger partial charge in [0.1, 0.15) is 0 Å². The van der Waals surface area contributed by atoms with Crippen molar-refractivity contribution >= 4 is 31.9 Å². The summed E-state index contributed by atoms with van der Waals surface area (Å²) in [7, 11) is 0. The van der Waals surface area contributed by atoms with Crippen molar-refractivity contribution in [2.24, 2.45) is 5.41 Å². The highest BCUT2D eigenvalue weighted by atomic mass is 79.9. The molecule has 1 atom stereocenters. The molecule has 1 aliphatic heterocycles. The highest BCUT2D eigenvalue weighted by Crippen LogP contribution is 2.47. The molecule has 0 aromatic heterocycles. The summed E-state index contributed by atoms with van der Waals surface area (Å²) >= 11 is 7.46. The molecule has 1 unspecified atom stereocenters. The van der Waals surface area contributed by atoms with E-state index in [1.54, 1.807) is 0 Å². The lowest BCUT2D eigenvalue weighted by Gasteiger charge is -2.33. The first kappa shape index (κ1) is 15.3. The SMILES string of the molecule is CCCC(CBr)(CBr)CC1CCC2(CCCC2)O1. The first-order valence-corrected chi connectivity index (χ1v) is 9.72. The van der Waals surface area contributed by atoms with E-state index in [0.717, 1.165) is 10.7 Å². The molecule has 0 amide bonds. The summed E-state index contributed by atoms with van der Waals surface area (Å²) in [5.74, 6) is 0. The Morgan fingerprint density at radius 3 is 2.39 bits per heavy atom. The van der Waals surface area contributed by atoms with Crippen LogP contribution in [-0.4, -0.2) is 22.4 Å². The van der Waals surface area contributed by atoms with Gasteiger partial charge in [-0.2, -0.15) is 0 Å². The van der Waals surface area contributed by atoms with Crippen molar-refractivity contribution in [3.8, 4) is 0 Å². The minimum Gasteiger partial charge on any atom is -0.372 e. The van der Waals surface area contributed by atoms with E-state index in [-0.39, 0.29) is 0 Å². The second kappa shape index (κ2) is 6.58. The normalized spacial score (nSPS) is 27.2. The number of alkyl halides is 2. The van der Waals surface area contributed by atoms with Crippen molar-refractivity contribution in [1.29, 1.82) is 0 Å². The fourth-order valence-electron chi connectivity index (χ4n) is 3.82. The van der Waals surface area contributed by atoms with Crippen LogP contribution in [0, 0.1) is 5.41 Å². The standard InChI is InChI=1S/C15H26Br2O/c1-2-6-14(11-16,12-17)10-13-5-9-15(18-13)7-3-4-8-15/h13H,2-12H2,1H3. The van der Waals surface area contributed by atoms with Gasteiger partial charge in [-0.1, -0.05) is 58.0 Å². The molecule has 1 aliphatic carbocycles. The van der Waals surface area contributed by atoms with Gasteiger partial charge in [-0.3, -0.25) is 0 Å². The minimum atomic E-state index is 0.293. The third-order valence-corrected chi connectivity index (χ3v) is 7.24. The summed E-state index contributed by atoms with van der Waals surface area (Å²) in [4.78, 5) is 0. The summed E-state index contributed by atoms with van der Waals surface area (Å²) in [5.41, 5.74) is 0.685. The van der Waals surface area contributed by atoms with E-state index in [0.29, 0.717) is 17.1 Å². The number of ether oxygens (including phenoxy) is 1. The second-order valence-corrected chi connectivity index (χ2v) is 7.51. The monoisotopic (exact) mass is 380 g/mol. The summed E-state index contributed by atoms with van der Waals surface area (Å²) < 4.78 is 6.47. The molecule has 1 saturated heterocycles. The average molecular weight is 382 g/mol. The molecule has 0 N–H and O–H groups in total. The van der Waals surface area contributed by atoms with Crippen LogP contribution in [0.15, 0.2) is 0 Å². The van der Waals surface area contributed by atoms with Crippen LogP contribution in [0.3, 0.4) is 0 Å². The van der Waals surface area contributed by atoms with Gasteiger partial charge in [0, 0.05) is 10.7 Å². The maximum atomic E-state index is 6.47. The molecule has 18 heavy (non-hydrogen) atoms.